The number of carbonyl (C=O) groups excluding carboxylic acids is 3. The van der Waals surface area contributed by atoms with Gasteiger partial charge in [-0.15, -0.1) is 0 Å². The van der Waals surface area contributed by atoms with Crippen molar-refractivity contribution in [2.45, 2.75) is 26.2 Å². The van der Waals surface area contributed by atoms with Crippen LogP contribution < -0.4 is 10.6 Å². The summed E-state index contributed by atoms with van der Waals surface area (Å²) < 4.78 is 4.96. The zero-order valence-corrected chi connectivity index (χ0v) is 15.9. The molecule has 1 fully saturated rings. The molecule has 0 bridgehead atoms. The molecule has 1 aliphatic heterocycles. The number of furan rings is 1. The van der Waals surface area contributed by atoms with Crippen molar-refractivity contribution in [1.82, 2.24) is 10.2 Å². The Morgan fingerprint density at radius 3 is 2.39 bits per heavy atom. The minimum atomic E-state index is -0.670. The molecule has 1 aliphatic rings. The molecule has 0 saturated carbocycles. The molecule has 28 heavy (non-hydrogen) atoms. The van der Waals surface area contributed by atoms with E-state index in [1.165, 1.54) is 18.1 Å². The van der Waals surface area contributed by atoms with Gasteiger partial charge in [-0.05, 0) is 48.9 Å². The lowest BCUT2D eigenvalue weighted by molar-refractivity contribution is -0.136. The molecule has 7 heteroatoms. The second-order valence-electron chi connectivity index (χ2n) is 6.96. The van der Waals surface area contributed by atoms with Crippen LogP contribution in [0.1, 0.15) is 35.7 Å². The molecule has 1 aromatic heterocycles. The summed E-state index contributed by atoms with van der Waals surface area (Å²) in [5, 5.41) is 5.30. The summed E-state index contributed by atoms with van der Waals surface area (Å²) in [5.41, 5.74) is 2.32. The third-order valence-electron chi connectivity index (χ3n) is 5.05. The van der Waals surface area contributed by atoms with Gasteiger partial charge in [-0.3, -0.25) is 14.4 Å². The topological polar surface area (TPSA) is 91.7 Å². The van der Waals surface area contributed by atoms with Crippen LogP contribution >= 0.6 is 0 Å². The first kappa shape index (κ1) is 19.7. The van der Waals surface area contributed by atoms with E-state index in [1.807, 2.05) is 12.1 Å². The Hall–Kier alpha value is -3.09. The molecule has 0 spiro atoms. The summed E-state index contributed by atoms with van der Waals surface area (Å²) in [6, 6.07) is 9.08. The Balaban J connectivity index is 1.40. The van der Waals surface area contributed by atoms with Crippen molar-refractivity contribution in [2.24, 2.45) is 5.92 Å². The minimum Gasteiger partial charge on any atom is -0.472 e. The van der Waals surface area contributed by atoms with Crippen LogP contribution in [0.3, 0.4) is 0 Å². The summed E-state index contributed by atoms with van der Waals surface area (Å²) in [4.78, 5) is 38.1. The van der Waals surface area contributed by atoms with E-state index in [4.69, 9.17) is 4.42 Å². The largest absolute Gasteiger partial charge is 0.472 e. The standard InChI is InChI=1S/C21H25N3O4/c1-2-15-3-5-18(6-4-15)23-20(26)19(25)22-13-16-7-10-24(11-8-16)21(27)17-9-12-28-14-17/h3-6,9,12,14,16H,2,7-8,10-11,13H2,1H3,(H,22,25)(H,23,26). The lowest BCUT2D eigenvalue weighted by Gasteiger charge is -2.31. The highest BCUT2D eigenvalue weighted by Crippen LogP contribution is 2.18. The average molecular weight is 383 g/mol. The fourth-order valence-corrected chi connectivity index (χ4v) is 3.24. The maximum absolute atomic E-state index is 12.3. The molecule has 1 saturated heterocycles. The number of rotatable bonds is 5. The molecule has 0 aliphatic carbocycles. The third-order valence-corrected chi connectivity index (χ3v) is 5.05. The van der Waals surface area contributed by atoms with Crippen molar-refractivity contribution in [3.05, 3.63) is 54.0 Å². The molecule has 3 rings (SSSR count). The van der Waals surface area contributed by atoms with Gasteiger partial charge in [0.05, 0.1) is 11.8 Å². The molecule has 3 amide bonds. The van der Waals surface area contributed by atoms with Gasteiger partial charge in [0.25, 0.3) is 5.91 Å². The number of piperidine rings is 1. The van der Waals surface area contributed by atoms with E-state index >= 15 is 0 Å². The molecule has 7 nitrogen and oxygen atoms in total. The summed E-state index contributed by atoms with van der Waals surface area (Å²) in [5.74, 6) is -1.10. The van der Waals surface area contributed by atoms with Gasteiger partial charge in [0, 0.05) is 25.3 Å². The van der Waals surface area contributed by atoms with Gasteiger partial charge >= 0.3 is 11.8 Å². The van der Waals surface area contributed by atoms with E-state index in [0.717, 1.165) is 19.3 Å². The van der Waals surface area contributed by atoms with Gasteiger partial charge in [-0.1, -0.05) is 19.1 Å². The van der Waals surface area contributed by atoms with Crippen molar-refractivity contribution < 1.29 is 18.8 Å². The number of anilines is 1. The van der Waals surface area contributed by atoms with E-state index in [2.05, 4.69) is 17.6 Å². The van der Waals surface area contributed by atoms with Crippen LogP contribution in [0.2, 0.25) is 0 Å². The maximum Gasteiger partial charge on any atom is 0.313 e. The first-order valence-corrected chi connectivity index (χ1v) is 9.56. The van der Waals surface area contributed by atoms with Crippen LogP contribution in [0.4, 0.5) is 5.69 Å². The minimum absolute atomic E-state index is 0.0373. The van der Waals surface area contributed by atoms with Crippen LogP contribution in [-0.2, 0) is 16.0 Å². The first-order valence-electron chi connectivity index (χ1n) is 9.56. The van der Waals surface area contributed by atoms with Crippen LogP contribution in [-0.4, -0.2) is 42.3 Å². The predicted molar refractivity (Wildman–Crippen MR) is 105 cm³/mol. The van der Waals surface area contributed by atoms with E-state index in [1.54, 1.807) is 23.1 Å². The second-order valence-corrected chi connectivity index (χ2v) is 6.96. The van der Waals surface area contributed by atoms with Gasteiger partial charge in [0.15, 0.2) is 0 Å². The van der Waals surface area contributed by atoms with Gasteiger partial charge in [-0.2, -0.15) is 0 Å². The van der Waals surface area contributed by atoms with Crippen LogP contribution in [0.5, 0.6) is 0 Å². The molecule has 2 N–H and O–H groups in total. The number of aryl methyl sites for hydroxylation is 1. The van der Waals surface area contributed by atoms with Gasteiger partial charge in [0.2, 0.25) is 0 Å². The normalized spacial score (nSPS) is 14.5. The van der Waals surface area contributed by atoms with Crippen molar-refractivity contribution in [3.63, 3.8) is 0 Å². The first-order chi connectivity index (χ1) is 13.6. The maximum atomic E-state index is 12.3. The number of benzene rings is 1. The smallest absolute Gasteiger partial charge is 0.313 e. The van der Waals surface area contributed by atoms with Gasteiger partial charge < -0.3 is 20.0 Å². The molecule has 148 valence electrons. The van der Waals surface area contributed by atoms with E-state index in [0.29, 0.717) is 30.9 Å². The highest BCUT2D eigenvalue weighted by molar-refractivity contribution is 6.39. The van der Waals surface area contributed by atoms with Crippen LogP contribution in [0, 0.1) is 5.92 Å². The molecule has 2 heterocycles. The number of likely N-dealkylation sites (tertiary alicyclic amines) is 1. The van der Waals surface area contributed by atoms with Crippen molar-refractivity contribution in [3.8, 4) is 0 Å². The molecule has 0 atom stereocenters. The van der Waals surface area contributed by atoms with E-state index < -0.39 is 11.8 Å². The van der Waals surface area contributed by atoms with Crippen molar-refractivity contribution in [2.75, 3.05) is 25.0 Å². The predicted octanol–water partition coefficient (Wildman–Crippen LogP) is 2.45. The lowest BCUT2D eigenvalue weighted by atomic mass is 9.96. The van der Waals surface area contributed by atoms with Crippen molar-refractivity contribution in [1.29, 1.82) is 0 Å². The Morgan fingerprint density at radius 1 is 1.07 bits per heavy atom. The SMILES string of the molecule is CCc1ccc(NC(=O)C(=O)NCC2CCN(C(=O)c3ccoc3)CC2)cc1. The monoisotopic (exact) mass is 383 g/mol. The lowest BCUT2D eigenvalue weighted by Crippen LogP contribution is -2.43. The molecule has 0 unspecified atom stereocenters. The Labute approximate surface area is 164 Å². The Morgan fingerprint density at radius 2 is 1.79 bits per heavy atom. The third kappa shape index (κ3) is 5.00. The highest BCUT2D eigenvalue weighted by atomic mass is 16.3. The quantitative estimate of drug-likeness (QED) is 0.776. The molecule has 2 aromatic rings. The molecular weight excluding hydrogens is 358 g/mol. The molecule has 1 aromatic carbocycles. The summed E-state index contributed by atoms with van der Waals surface area (Å²) in [7, 11) is 0. The van der Waals surface area contributed by atoms with Gasteiger partial charge in [0.1, 0.15) is 6.26 Å². The van der Waals surface area contributed by atoms with Gasteiger partial charge in [-0.25, -0.2) is 0 Å². The summed E-state index contributed by atoms with van der Waals surface area (Å²) in [6.07, 6.45) is 5.41. The fourth-order valence-electron chi connectivity index (χ4n) is 3.24. The molecular formula is C21H25N3O4. The van der Waals surface area contributed by atoms with Crippen LogP contribution in [0.15, 0.2) is 47.3 Å². The van der Waals surface area contributed by atoms with E-state index in [9.17, 15) is 14.4 Å². The summed E-state index contributed by atoms with van der Waals surface area (Å²) >= 11 is 0. The summed E-state index contributed by atoms with van der Waals surface area (Å²) in [6.45, 7) is 3.73. The zero-order chi connectivity index (χ0) is 19.9. The van der Waals surface area contributed by atoms with Crippen molar-refractivity contribution >= 4 is 23.4 Å². The number of hydrogen-bond acceptors (Lipinski definition) is 4. The average Bonchev–Trinajstić information content (AvgIpc) is 3.27. The van der Waals surface area contributed by atoms with Crippen LogP contribution in [0.25, 0.3) is 0 Å². The Kier molecular flexibility index (Phi) is 6.47. The number of nitrogens with one attached hydrogen (secondary N) is 2. The number of nitrogens with zero attached hydrogens (tertiary/aromatic N) is 1. The highest BCUT2D eigenvalue weighted by Gasteiger charge is 2.25. The fraction of sp³-hybridized carbons (Fsp3) is 0.381. The zero-order valence-electron chi connectivity index (χ0n) is 15.9. The number of carbonyl (C=O) groups is 3. The molecule has 0 radical (unpaired) electrons. The number of hydrogen-bond donors (Lipinski definition) is 2. The van der Waals surface area contributed by atoms with E-state index in [-0.39, 0.29) is 11.8 Å². The second kappa shape index (κ2) is 9.21. The number of amides is 3. The Bertz CT molecular complexity index is 807.